The smallest absolute Gasteiger partial charge is 0.122 e. The molecule has 0 saturated carbocycles. The third kappa shape index (κ3) is 1.93. The molecule has 1 aromatic carbocycles. The lowest BCUT2D eigenvalue weighted by Gasteiger charge is -2.30. The molecule has 1 aliphatic rings. The van der Waals surface area contributed by atoms with E-state index in [0.717, 1.165) is 24.3 Å². The maximum atomic E-state index is 6.21. The molecule has 3 heteroatoms. The zero-order valence-electron chi connectivity index (χ0n) is 10.1. The quantitative estimate of drug-likeness (QED) is 0.849. The van der Waals surface area contributed by atoms with E-state index in [1.54, 1.807) is 7.11 Å². The summed E-state index contributed by atoms with van der Waals surface area (Å²) in [5.74, 6) is 0.992. The fourth-order valence-electron chi connectivity index (χ4n) is 1.93. The minimum atomic E-state index is -0.353. The van der Waals surface area contributed by atoms with Crippen molar-refractivity contribution in [3.05, 3.63) is 29.3 Å². The SMILES string of the molecule is COC(C)(C)C(N)c1ccc2c(c1)CCO2. The maximum Gasteiger partial charge on any atom is 0.122 e. The van der Waals surface area contributed by atoms with Crippen LogP contribution in [-0.4, -0.2) is 19.3 Å². The van der Waals surface area contributed by atoms with Crippen LogP contribution in [0.2, 0.25) is 0 Å². The number of hydrogen-bond acceptors (Lipinski definition) is 3. The van der Waals surface area contributed by atoms with E-state index in [1.807, 2.05) is 26.0 Å². The van der Waals surface area contributed by atoms with Crippen LogP contribution in [0.1, 0.15) is 31.0 Å². The second-order valence-electron chi connectivity index (χ2n) is 4.75. The van der Waals surface area contributed by atoms with Crippen molar-refractivity contribution in [2.75, 3.05) is 13.7 Å². The molecule has 1 unspecified atom stereocenters. The molecule has 0 aliphatic carbocycles. The molecule has 0 amide bonds. The molecule has 16 heavy (non-hydrogen) atoms. The molecule has 0 fully saturated rings. The van der Waals surface area contributed by atoms with Gasteiger partial charge in [0.15, 0.2) is 0 Å². The third-order valence-electron chi connectivity index (χ3n) is 3.35. The molecule has 1 aromatic rings. The zero-order valence-corrected chi connectivity index (χ0v) is 10.1. The Hall–Kier alpha value is -1.06. The van der Waals surface area contributed by atoms with Crippen LogP contribution in [0.5, 0.6) is 5.75 Å². The monoisotopic (exact) mass is 221 g/mol. The lowest BCUT2D eigenvalue weighted by atomic mass is 9.91. The van der Waals surface area contributed by atoms with Crippen molar-refractivity contribution in [2.45, 2.75) is 31.9 Å². The number of methoxy groups -OCH3 is 1. The molecule has 0 spiro atoms. The lowest BCUT2D eigenvalue weighted by molar-refractivity contribution is -0.0000455. The van der Waals surface area contributed by atoms with Gasteiger partial charge in [0.05, 0.1) is 18.2 Å². The highest BCUT2D eigenvalue weighted by molar-refractivity contribution is 5.41. The summed E-state index contributed by atoms with van der Waals surface area (Å²) in [6, 6.07) is 6.04. The number of nitrogens with two attached hydrogens (primary N) is 1. The molecule has 2 N–H and O–H groups in total. The Morgan fingerprint density at radius 3 is 2.88 bits per heavy atom. The third-order valence-corrected chi connectivity index (χ3v) is 3.35. The largest absolute Gasteiger partial charge is 0.493 e. The summed E-state index contributed by atoms with van der Waals surface area (Å²) < 4.78 is 10.9. The van der Waals surface area contributed by atoms with Gasteiger partial charge in [-0.2, -0.15) is 0 Å². The highest BCUT2D eigenvalue weighted by Crippen LogP contribution is 2.31. The molecule has 3 nitrogen and oxygen atoms in total. The van der Waals surface area contributed by atoms with Crippen molar-refractivity contribution >= 4 is 0 Å². The first-order valence-electron chi connectivity index (χ1n) is 5.61. The first kappa shape index (κ1) is 11.4. The van der Waals surface area contributed by atoms with Gasteiger partial charge >= 0.3 is 0 Å². The number of benzene rings is 1. The van der Waals surface area contributed by atoms with E-state index in [4.69, 9.17) is 15.2 Å². The van der Waals surface area contributed by atoms with Crippen LogP contribution < -0.4 is 10.5 Å². The normalized spacial score (nSPS) is 16.8. The van der Waals surface area contributed by atoms with Crippen LogP contribution >= 0.6 is 0 Å². The number of rotatable bonds is 3. The van der Waals surface area contributed by atoms with Crippen molar-refractivity contribution in [1.82, 2.24) is 0 Å². The second-order valence-corrected chi connectivity index (χ2v) is 4.75. The molecule has 1 atom stereocenters. The van der Waals surface area contributed by atoms with E-state index in [9.17, 15) is 0 Å². The van der Waals surface area contributed by atoms with Gasteiger partial charge in [-0.1, -0.05) is 12.1 Å². The molecule has 0 bridgehead atoms. The molecule has 1 heterocycles. The Morgan fingerprint density at radius 2 is 2.19 bits per heavy atom. The minimum absolute atomic E-state index is 0.122. The highest BCUT2D eigenvalue weighted by atomic mass is 16.5. The van der Waals surface area contributed by atoms with E-state index in [0.29, 0.717) is 0 Å². The summed E-state index contributed by atoms with van der Waals surface area (Å²) in [6.45, 7) is 4.78. The Bertz CT molecular complexity index is 388. The average molecular weight is 221 g/mol. The molecular formula is C13H19NO2. The molecule has 0 saturated heterocycles. The predicted octanol–water partition coefficient (Wildman–Crippen LogP) is 2.05. The summed E-state index contributed by atoms with van der Waals surface area (Å²) in [4.78, 5) is 0. The van der Waals surface area contributed by atoms with Gasteiger partial charge in [-0.15, -0.1) is 0 Å². The Kier molecular flexibility index (Phi) is 2.91. The summed E-state index contributed by atoms with van der Waals surface area (Å²) in [7, 11) is 1.69. The predicted molar refractivity (Wildman–Crippen MR) is 63.7 cm³/mol. The minimum Gasteiger partial charge on any atom is -0.493 e. The first-order valence-corrected chi connectivity index (χ1v) is 5.61. The molecule has 0 radical (unpaired) electrons. The van der Waals surface area contributed by atoms with Crippen molar-refractivity contribution in [3.8, 4) is 5.75 Å². The van der Waals surface area contributed by atoms with Gasteiger partial charge in [0.25, 0.3) is 0 Å². The van der Waals surface area contributed by atoms with Gasteiger partial charge in [-0.3, -0.25) is 0 Å². The number of hydrogen-bond donors (Lipinski definition) is 1. The summed E-state index contributed by atoms with van der Waals surface area (Å²) in [5.41, 5.74) is 8.22. The lowest BCUT2D eigenvalue weighted by Crippen LogP contribution is -2.37. The van der Waals surface area contributed by atoms with E-state index < -0.39 is 0 Å². The zero-order chi connectivity index (χ0) is 11.8. The topological polar surface area (TPSA) is 44.5 Å². The molecule has 88 valence electrons. The van der Waals surface area contributed by atoms with Crippen LogP contribution in [0, 0.1) is 0 Å². The van der Waals surface area contributed by atoms with E-state index in [-0.39, 0.29) is 11.6 Å². The van der Waals surface area contributed by atoms with E-state index in [1.165, 1.54) is 5.56 Å². The van der Waals surface area contributed by atoms with Crippen molar-refractivity contribution in [1.29, 1.82) is 0 Å². The summed E-state index contributed by atoms with van der Waals surface area (Å²) in [6.07, 6.45) is 0.976. The van der Waals surface area contributed by atoms with Gasteiger partial charge < -0.3 is 15.2 Å². The van der Waals surface area contributed by atoms with Crippen molar-refractivity contribution in [3.63, 3.8) is 0 Å². The van der Waals surface area contributed by atoms with Gasteiger partial charge in [-0.25, -0.2) is 0 Å². The van der Waals surface area contributed by atoms with Crippen LogP contribution in [0.3, 0.4) is 0 Å². The molecule has 2 rings (SSSR count). The standard InChI is InChI=1S/C13H19NO2/c1-13(2,15-3)12(14)10-4-5-11-9(8-10)6-7-16-11/h4-5,8,12H,6-7,14H2,1-3H3. The van der Waals surface area contributed by atoms with Crippen LogP contribution in [0.15, 0.2) is 18.2 Å². The fourth-order valence-corrected chi connectivity index (χ4v) is 1.93. The van der Waals surface area contributed by atoms with Gasteiger partial charge in [0, 0.05) is 13.5 Å². The Labute approximate surface area is 96.5 Å². The summed E-state index contributed by atoms with van der Waals surface area (Å²) >= 11 is 0. The average Bonchev–Trinajstić information content (AvgIpc) is 2.74. The van der Waals surface area contributed by atoms with Gasteiger partial charge in [0.2, 0.25) is 0 Å². The van der Waals surface area contributed by atoms with E-state index in [2.05, 4.69) is 6.07 Å². The van der Waals surface area contributed by atoms with Crippen LogP contribution in [0.4, 0.5) is 0 Å². The van der Waals surface area contributed by atoms with Crippen molar-refractivity contribution < 1.29 is 9.47 Å². The maximum absolute atomic E-state index is 6.21. The fraction of sp³-hybridized carbons (Fsp3) is 0.538. The highest BCUT2D eigenvalue weighted by Gasteiger charge is 2.28. The second kappa shape index (κ2) is 4.07. The molecule has 1 aliphatic heterocycles. The number of fused-ring (bicyclic) bond motifs is 1. The van der Waals surface area contributed by atoms with Gasteiger partial charge in [0.1, 0.15) is 5.75 Å². The summed E-state index contributed by atoms with van der Waals surface area (Å²) in [5, 5.41) is 0. The van der Waals surface area contributed by atoms with Crippen LogP contribution in [-0.2, 0) is 11.2 Å². The van der Waals surface area contributed by atoms with Crippen molar-refractivity contribution in [2.24, 2.45) is 5.73 Å². The Balaban J connectivity index is 2.28. The molecular weight excluding hydrogens is 202 g/mol. The van der Waals surface area contributed by atoms with Crippen LogP contribution in [0.25, 0.3) is 0 Å². The number of ether oxygens (including phenoxy) is 2. The first-order chi connectivity index (χ1) is 7.54. The van der Waals surface area contributed by atoms with Gasteiger partial charge in [-0.05, 0) is 31.0 Å². The molecule has 0 aromatic heterocycles. The Morgan fingerprint density at radius 1 is 1.44 bits per heavy atom. The van der Waals surface area contributed by atoms with E-state index >= 15 is 0 Å².